The number of nitrogens with one attached hydrogen (secondary N) is 8. The minimum absolute atomic E-state index is 0.225. The van der Waals surface area contributed by atoms with Crippen molar-refractivity contribution in [1.82, 2.24) is 102 Å². The molecule has 10 aromatic carbocycles. The van der Waals surface area contributed by atoms with Gasteiger partial charge in [0.05, 0.1) is 67.6 Å². The van der Waals surface area contributed by atoms with E-state index in [-0.39, 0.29) is 40.2 Å². The molecule has 1 saturated carbocycles. The van der Waals surface area contributed by atoms with Crippen LogP contribution in [0.2, 0.25) is 0 Å². The van der Waals surface area contributed by atoms with Crippen molar-refractivity contribution in [3.8, 4) is 45.6 Å². The topological polar surface area (TPSA) is 333 Å². The predicted octanol–water partition coefficient (Wildman–Crippen LogP) is 19.6. The van der Waals surface area contributed by atoms with Crippen molar-refractivity contribution in [3.05, 3.63) is 355 Å². The molecule has 0 bridgehead atoms. The third-order valence-electron chi connectivity index (χ3n) is 20.0. The summed E-state index contributed by atoms with van der Waals surface area (Å²) >= 11 is 1.63. The summed E-state index contributed by atoms with van der Waals surface area (Å²) in [7, 11) is 0. The zero-order valence-corrected chi connectivity index (χ0v) is 64.9. The summed E-state index contributed by atoms with van der Waals surface area (Å²) in [4.78, 5) is 19.0. The second-order valence-corrected chi connectivity index (χ2v) is 29.7. The van der Waals surface area contributed by atoms with Crippen LogP contribution in [0.3, 0.4) is 0 Å². The summed E-state index contributed by atoms with van der Waals surface area (Å²) in [6, 6.07) is 60.1. The molecule has 1 atom stereocenters. The van der Waals surface area contributed by atoms with E-state index in [0.717, 1.165) is 61.9 Å². The zero-order valence-electron chi connectivity index (χ0n) is 64.0. The minimum Gasteiger partial charge on any atom is -0.321 e. The molecule has 22 nitrogen and oxygen atoms in total. The molecule has 12 N–H and O–H groups in total. The van der Waals surface area contributed by atoms with Crippen LogP contribution in [-0.4, -0.2) is 102 Å². The normalized spacial score (nSPS) is 12.8. The Kier molecular flexibility index (Phi) is 22.8. The summed E-state index contributed by atoms with van der Waals surface area (Å²) in [5.74, 6) is 0.663. The second-order valence-electron chi connectivity index (χ2n) is 28.6. The summed E-state index contributed by atoms with van der Waals surface area (Å²) in [5.41, 5.74) is 23.3. The van der Waals surface area contributed by atoms with E-state index >= 15 is 0 Å². The molecular weight excluding hydrogens is 1590 g/mol. The van der Waals surface area contributed by atoms with Gasteiger partial charge >= 0.3 is 0 Å². The van der Waals surface area contributed by atoms with Gasteiger partial charge in [-0.05, 0) is 167 Å². The number of nitrogens with zero attached hydrogens (tertiary/aromatic N) is 12. The maximum Gasteiger partial charge on any atom is 0.184 e. The van der Waals surface area contributed by atoms with E-state index < -0.39 is 34.8 Å². The third kappa shape index (κ3) is 18.5. The molecule has 0 saturated heterocycles. The van der Waals surface area contributed by atoms with Crippen LogP contribution in [0.4, 0.5) is 35.1 Å². The van der Waals surface area contributed by atoms with Crippen molar-refractivity contribution in [2.75, 3.05) is 0 Å². The molecule has 9 aromatic heterocycles. The maximum atomic E-state index is 14.8. The molecule has 1 aliphatic rings. The Balaban J connectivity index is 0.000000116. The van der Waals surface area contributed by atoms with Crippen molar-refractivity contribution in [2.24, 2.45) is 11.5 Å². The minimum atomic E-state index is -0.470. The zero-order chi connectivity index (χ0) is 83.8. The van der Waals surface area contributed by atoms with Gasteiger partial charge < -0.3 is 11.5 Å². The predicted molar refractivity (Wildman–Crippen MR) is 456 cm³/mol. The highest BCUT2D eigenvalue weighted by Gasteiger charge is 2.43. The van der Waals surface area contributed by atoms with Crippen LogP contribution in [0, 0.1) is 46.5 Å². The lowest BCUT2D eigenvalue weighted by atomic mass is 10.1. The molecule has 9 heterocycles. The Hall–Kier alpha value is -15.3. The van der Waals surface area contributed by atoms with Crippen molar-refractivity contribution in [2.45, 2.75) is 43.7 Å². The van der Waals surface area contributed by atoms with Gasteiger partial charge in [-0.3, -0.25) is 40.8 Å². The van der Waals surface area contributed by atoms with Gasteiger partial charge in [0, 0.05) is 63.0 Å². The first-order valence-corrected chi connectivity index (χ1v) is 39.1. The fourth-order valence-corrected chi connectivity index (χ4v) is 14.0. The maximum absolute atomic E-state index is 14.8. The van der Waals surface area contributed by atoms with Gasteiger partial charge in [0.1, 0.15) is 69.5 Å². The second kappa shape index (κ2) is 35.1. The molecular formula is C91H68F8N22S. The van der Waals surface area contributed by atoms with E-state index in [0.29, 0.717) is 127 Å². The molecule has 0 radical (unpaired) electrons. The number of aromatic amines is 8. The number of thiophene rings is 1. The number of benzene rings is 10. The first-order chi connectivity index (χ1) is 59.4. The van der Waals surface area contributed by atoms with Crippen molar-refractivity contribution in [1.29, 1.82) is 0 Å². The monoisotopic (exact) mass is 1650 g/mol. The molecule has 0 spiro atoms. The SMILES string of the molecule is Fc1ccc(/C=C/c2n[nH]c3cc(F)c(-c4n[nH]c(Cc5ccccc5)n4)cc23)cc1.Fc1ccc(/C=C/c2n[nH]c3cc(F)c(-c4n[nH]c(Cc5cccs5)n4)cc23)cc1.NC1(c2nc(-c3cc(F)c4n[nH]c(/C=C/c5ccc(F)cc5)c4c3)n[nH]2)CC1.N[C@@H](Cc1ccccc1)c1nc(-c2cc3c(/C=C/c4ccc(F)cc4)n[nH]c3cc2F)n[nH]1. The average Bonchev–Trinajstić information content (AvgIpc) is 1.67. The molecule has 19 aromatic rings. The van der Waals surface area contributed by atoms with Gasteiger partial charge in [0.25, 0.3) is 0 Å². The van der Waals surface area contributed by atoms with Crippen molar-refractivity contribution in [3.63, 3.8) is 0 Å². The molecule has 0 amide bonds. The van der Waals surface area contributed by atoms with Crippen molar-refractivity contribution >= 4 is 104 Å². The number of nitrogens with two attached hydrogens (primary N) is 2. The van der Waals surface area contributed by atoms with Gasteiger partial charge in [-0.2, -0.15) is 40.8 Å². The Labute approximate surface area is 691 Å². The van der Waals surface area contributed by atoms with Crippen LogP contribution in [0.5, 0.6) is 0 Å². The molecule has 0 unspecified atom stereocenters. The quantitative estimate of drug-likeness (QED) is 0.0317. The molecule has 122 heavy (non-hydrogen) atoms. The van der Waals surface area contributed by atoms with Crippen LogP contribution in [0.25, 0.3) is 138 Å². The Morgan fingerprint density at radius 2 is 0.803 bits per heavy atom. The molecule has 604 valence electrons. The van der Waals surface area contributed by atoms with Gasteiger partial charge in [-0.1, -0.05) is 140 Å². The van der Waals surface area contributed by atoms with E-state index in [2.05, 4.69) is 102 Å². The highest BCUT2D eigenvalue weighted by Crippen LogP contribution is 2.42. The number of H-pyrrole nitrogens is 8. The summed E-state index contributed by atoms with van der Waals surface area (Å²) in [6.45, 7) is 0. The lowest BCUT2D eigenvalue weighted by Gasteiger charge is -2.07. The van der Waals surface area contributed by atoms with E-state index in [4.69, 9.17) is 11.5 Å². The number of rotatable bonds is 20. The number of aromatic nitrogens is 20. The standard InChI is InChI=1S/C25H20F2N6.C24H17F2N5.C22H15F2N5S.C20H16F2N6/c26-17-9-6-15(7-10-17)8-11-22-19-13-18(20(27)14-23(19)31-30-22)24-29-25(33-32-24)21(28)12-16-4-2-1-3-5-16;25-17-9-6-15(7-10-17)8-11-21-19-13-18(20(26)14-22(19)29-28-21)24-27-23(30-31-24)12-16-4-2-1-3-5-16;23-14-6-3-13(4-7-14)5-8-19-17-11-16(18(24)12-20(17)27-26-19)22-25-21(28-29-22)10-15-2-1-9-30-15;21-13-4-1-11(2-5-13)3-6-16-14-9-12(10-15(22)17(14)26-25-16)18-24-19(28-27-18)20(23)7-8-20/h1-11,13-14,21H,12,28H2,(H,30,31)(H,29,32,33);1-11,13-14H,12H2,(H,28,29)(H,27,30,31);1-9,11-12H,10H2,(H,26,27)(H,25,28,29);1-6,9-10H,7-8,23H2,(H,25,26)(H,24,27,28)/b2*11-8+;8-5+;6-3+/t21-;;;/m0.../s1. The van der Waals surface area contributed by atoms with Crippen molar-refractivity contribution < 1.29 is 35.1 Å². The number of hydrogen-bond acceptors (Lipinski definition) is 15. The first-order valence-electron chi connectivity index (χ1n) is 38.2. The molecule has 1 aliphatic carbocycles. The third-order valence-corrected chi connectivity index (χ3v) is 20.9. The van der Waals surface area contributed by atoms with Crippen LogP contribution in [0.15, 0.2) is 224 Å². The van der Waals surface area contributed by atoms with Gasteiger partial charge in [0.15, 0.2) is 29.1 Å². The fraction of sp³-hybridized carbons (Fsp3) is 0.0769. The molecule has 1 fully saturated rings. The smallest absolute Gasteiger partial charge is 0.184 e. The first kappa shape index (κ1) is 79.1. The highest BCUT2D eigenvalue weighted by atomic mass is 32.1. The lowest BCUT2D eigenvalue weighted by molar-refractivity contribution is 0.627. The van der Waals surface area contributed by atoms with Gasteiger partial charge in [-0.25, -0.2) is 55.1 Å². The van der Waals surface area contributed by atoms with E-state index in [1.54, 1.807) is 115 Å². The average molecular weight is 1650 g/mol. The number of fused-ring (bicyclic) bond motifs is 4. The highest BCUT2D eigenvalue weighted by molar-refractivity contribution is 7.09. The Morgan fingerprint density at radius 1 is 0.369 bits per heavy atom. The molecule has 31 heteroatoms. The summed E-state index contributed by atoms with van der Waals surface area (Å²) in [6.07, 6.45) is 17.9. The van der Waals surface area contributed by atoms with E-state index in [9.17, 15) is 35.1 Å². The van der Waals surface area contributed by atoms with Gasteiger partial charge in [-0.15, -0.1) is 11.3 Å². The summed E-state index contributed by atoms with van der Waals surface area (Å²) in [5, 5.41) is 61.3. The number of hydrogen-bond donors (Lipinski definition) is 10. The van der Waals surface area contributed by atoms with E-state index in [1.807, 2.05) is 96.4 Å². The van der Waals surface area contributed by atoms with Crippen LogP contribution in [-0.2, 0) is 24.8 Å². The largest absolute Gasteiger partial charge is 0.321 e. The molecule has 20 rings (SSSR count). The van der Waals surface area contributed by atoms with Crippen LogP contribution in [0.1, 0.15) is 103 Å². The molecule has 0 aliphatic heterocycles. The number of halogens is 8. The Bertz CT molecular complexity index is 7000. The van der Waals surface area contributed by atoms with Crippen LogP contribution < -0.4 is 11.5 Å². The fourth-order valence-electron chi connectivity index (χ4n) is 13.3. The Morgan fingerprint density at radius 3 is 1.26 bits per heavy atom. The van der Waals surface area contributed by atoms with Gasteiger partial charge in [0.2, 0.25) is 0 Å². The van der Waals surface area contributed by atoms with E-state index in [1.165, 1.54) is 72.8 Å². The van der Waals surface area contributed by atoms with Crippen LogP contribution >= 0.6 is 11.3 Å². The summed E-state index contributed by atoms with van der Waals surface area (Å²) < 4.78 is 111. The lowest BCUT2D eigenvalue weighted by Crippen LogP contribution is -2.20.